The third-order valence-electron chi connectivity index (χ3n) is 6.03. The van der Waals surface area contributed by atoms with Crippen molar-refractivity contribution in [3.8, 4) is 28.7 Å². The van der Waals surface area contributed by atoms with Gasteiger partial charge in [-0.05, 0) is 54.8 Å². The molecule has 11 nitrogen and oxygen atoms in total. The van der Waals surface area contributed by atoms with Gasteiger partial charge in [0.05, 0.1) is 32.0 Å². The zero-order valence-corrected chi connectivity index (χ0v) is 24.4. The van der Waals surface area contributed by atoms with Gasteiger partial charge in [0.2, 0.25) is 0 Å². The molecule has 2 N–H and O–H groups in total. The number of nitrogens with one attached hydrogen (secondary N) is 2. The molecule has 0 saturated heterocycles. The van der Waals surface area contributed by atoms with Crippen LogP contribution in [0.4, 0.5) is 0 Å². The van der Waals surface area contributed by atoms with Crippen molar-refractivity contribution in [1.29, 1.82) is 0 Å². The number of carbonyl (C=O) groups is 2. The molecule has 226 valence electrons. The second-order valence-electron chi connectivity index (χ2n) is 8.93. The summed E-state index contributed by atoms with van der Waals surface area (Å²) in [5.41, 5.74) is 1.84. The highest BCUT2D eigenvalue weighted by Gasteiger charge is 2.15. The number of rotatable bonds is 18. The summed E-state index contributed by atoms with van der Waals surface area (Å²) in [7, 11) is 6.11. The summed E-state index contributed by atoms with van der Waals surface area (Å²) in [4.78, 5) is 25.4. The fraction of sp³-hybridized carbons (Fsp3) is 0.355. The normalized spacial score (nSPS) is 10.5. The Morgan fingerprint density at radius 1 is 0.619 bits per heavy atom. The Balaban J connectivity index is 1.39. The van der Waals surface area contributed by atoms with E-state index in [4.69, 9.17) is 33.2 Å². The smallest absolute Gasteiger partial charge is 0.255 e. The molecule has 0 spiro atoms. The van der Waals surface area contributed by atoms with Gasteiger partial charge in [-0.3, -0.25) is 9.59 Å². The van der Waals surface area contributed by atoms with Gasteiger partial charge >= 0.3 is 0 Å². The Morgan fingerprint density at radius 2 is 1.12 bits per heavy atom. The molecule has 0 heterocycles. The van der Waals surface area contributed by atoms with Crippen LogP contribution in [0.5, 0.6) is 28.7 Å². The van der Waals surface area contributed by atoms with Crippen LogP contribution in [0, 0.1) is 0 Å². The summed E-state index contributed by atoms with van der Waals surface area (Å²) < 4.78 is 37.1. The highest BCUT2D eigenvalue weighted by molar-refractivity contribution is 5.97. The standard InChI is InChI=1S/C31H38N2O9/c1-36-20-41-28-18-24(38-3)10-12-26(28)30(34)32-15-5-17-40-23-8-6-22(7-9-23)14-16-33-31(35)27-13-11-25(39-4)19-29(27)42-21-37-2/h6-13,18-19H,5,14-17,20-21H2,1-4H3,(H,32,34)(H,33,35). The Labute approximate surface area is 246 Å². The molecule has 0 saturated carbocycles. The number of amides is 2. The van der Waals surface area contributed by atoms with Gasteiger partial charge in [0.25, 0.3) is 11.8 Å². The molecule has 3 rings (SSSR count). The molecule has 0 fully saturated rings. The minimum atomic E-state index is -0.258. The summed E-state index contributed by atoms with van der Waals surface area (Å²) in [6.45, 7) is 1.34. The number of methoxy groups -OCH3 is 4. The maximum absolute atomic E-state index is 12.7. The van der Waals surface area contributed by atoms with E-state index >= 15 is 0 Å². The van der Waals surface area contributed by atoms with Crippen LogP contribution in [0.3, 0.4) is 0 Å². The minimum absolute atomic E-state index is 0.0178. The van der Waals surface area contributed by atoms with Crippen molar-refractivity contribution in [2.75, 3.05) is 61.7 Å². The van der Waals surface area contributed by atoms with E-state index in [-0.39, 0.29) is 25.4 Å². The molecule has 0 radical (unpaired) electrons. The molecule has 2 amide bonds. The van der Waals surface area contributed by atoms with E-state index < -0.39 is 0 Å². The van der Waals surface area contributed by atoms with Crippen LogP contribution < -0.4 is 34.3 Å². The number of carbonyl (C=O) groups excluding carboxylic acids is 2. The molecule has 0 bridgehead atoms. The van der Waals surface area contributed by atoms with E-state index in [1.165, 1.54) is 14.2 Å². The Kier molecular flexibility index (Phi) is 13.2. The lowest BCUT2D eigenvalue weighted by atomic mass is 10.1. The lowest BCUT2D eigenvalue weighted by Gasteiger charge is -2.13. The van der Waals surface area contributed by atoms with Crippen molar-refractivity contribution >= 4 is 11.8 Å². The maximum Gasteiger partial charge on any atom is 0.255 e. The van der Waals surface area contributed by atoms with Crippen molar-refractivity contribution < 1.29 is 42.7 Å². The van der Waals surface area contributed by atoms with Gasteiger partial charge in [-0.25, -0.2) is 0 Å². The molecule has 0 unspecified atom stereocenters. The van der Waals surface area contributed by atoms with E-state index in [9.17, 15) is 9.59 Å². The van der Waals surface area contributed by atoms with Gasteiger partial charge in [0.1, 0.15) is 28.7 Å². The number of hydrogen-bond acceptors (Lipinski definition) is 9. The zero-order valence-electron chi connectivity index (χ0n) is 24.4. The first kappa shape index (κ1) is 32.0. The van der Waals surface area contributed by atoms with Gasteiger partial charge in [-0.15, -0.1) is 0 Å². The highest BCUT2D eigenvalue weighted by Crippen LogP contribution is 2.26. The van der Waals surface area contributed by atoms with Crippen LogP contribution in [0.1, 0.15) is 32.7 Å². The third kappa shape index (κ3) is 9.86. The first-order valence-corrected chi connectivity index (χ1v) is 13.4. The molecule has 42 heavy (non-hydrogen) atoms. The van der Waals surface area contributed by atoms with Crippen molar-refractivity contribution in [3.05, 3.63) is 77.4 Å². The largest absolute Gasteiger partial charge is 0.497 e. The third-order valence-corrected chi connectivity index (χ3v) is 6.03. The molecule has 11 heteroatoms. The van der Waals surface area contributed by atoms with Gasteiger partial charge in [-0.2, -0.15) is 0 Å². The van der Waals surface area contributed by atoms with Crippen molar-refractivity contribution in [2.24, 2.45) is 0 Å². The van der Waals surface area contributed by atoms with Crippen LogP contribution in [-0.2, 0) is 15.9 Å². The molecule has 0 aliphatic rings. The average molecular weight is 583 g/mol. The van der Waals surface area contributed by atoms with E-state index in [0.717, 1.165) is 11.3 Å². The Morgan fingerprint density at radius 3 is 1.62 bits per heavy atom. The molecule has 0 atom stereocenters. The van der Waals surface area contributed by atoms with Gasteiger partial charge < -0.3 is 43.8 Å². The van der Waals surface area contributed by atoms with Crippen molar-refractivity contribution in [3.63, 3.8) is 0 Å². The fourth-order valence-electron chi connectivity index (χ4n) is 3.85. The predicted molar refractivity (Wildman–Crippen MR) is 156 cm³/mol. The topological polar surface area (TPSA) is 123 Å². The summed E-state index contributed by atoms with van der Waals surface area (Å²) in [6, 6.07) is 17.7. The fourth-order valence-corrected chi connectivity index (χ4v) is 3.85. The molecule has 0 aliphatic carbocycles. The Hall–Kier alpha value is -4.48. The maximum atomic E-state index is 12.7. The summed E-state index contributed by atoms with van der Waals surface area (Å²) in [5, 5.41) is 5.79. The summed E-state index contributed by atoms with van der Waals surface area (Å²) in [5.74, 6) is 2.14. The lowest BCUT2D eigenvalue weighted by Crippen LogP contribution is -2.26. The number of hydrogen-bond donors (Lipinski definition) is 2. The second-order valence-corrected chi connectivity index (χ2v) is 8.93. The predicted octanol–water partition coefficient (Wildman–Crippen LogP) is 3.84. The van der Waals surface area contributed by atoms with E-state index in [2.05, 4.69) is 10.6 Å². The first-order valence-electron chi connectivity index (χ1n) is 13.4. The van der Waals surface area contributed by atoms with E-state index in [1.807, 2.05) is 24.3 Å². The highest BCUT2D eigenvalue weighted by atomic mass is 16.7. The number of benzene rings is 3. The number of ether oxygens (including phenoxy) is 7. The quantitative estimate of drug-likeness (QED) is 0.170. The van der Waals surface area contributed by atoms with Crippen molar-refractivity contribution in [2.45, 2.75) is 12.8 Å². The molecule has 3 aromatic carbocycles. The van der Waals surface area contributed by atoms with E-state index in [0.29, 0.717) is 66.7 Å². The minimum Gasteiger partial charge on any atom is -0.497 e. The lowest BCUT2D eigenvalue weighted by molar-refractivity contribution is 0.0496. The Bertz CT molecular complexity index is 1280. The molecular weight excluding hydrogens is 544 g/mol. The van der Waals surface area contributed by atoms with Gasteiger partial charge in [0, 0.05) is 39.4 Å². The molecular formula is C31H38N2O9. The summed E-state index contributed by atoms with van der Waals surface area (Å²) >= 11 is 0. The monoisotopic (exact) mass is 582 g/mol. The second kappa shape index (κ2) is 17.4. The molecule has 0 aliphatic heterocycles. The van der Waals surface area contributed by atoms with Crippen LogP contribution >= 0.6 is 0 Å². The van der Waals surface area contributed by atoms with Crippen molar-refractivity contribution in [1.82, 2.24) is 10.6 Å². The summed E-state index contributed by atoms with van der Waals surface area (Å²) in [6.07, 6.45) is 1.26. The van der Waals surface area contributed by atoms with Gasteiger partial charge in [-0.1, -0.05) is 12.1 Å². The van der Waals surface area contributed by atoms with Crippen LogP contribution in [0.25, 0.3) is 0 Å². The first-order chi connectivity index (χ1) is 20.5. The zero-order chi connectivity index (χ0) is 30.2. The van der Waals surface area contributed by atoms with Crippen LogP contribution in [0.2, 0.25) is 0 Å². The van der Waals surface area contributed by atoms with Crippen LogP contribution in [-0.4, -0.2) is 73.5 Å². The van der Waals surface area contributed by atoms with Crippen LogP contribution in [0.15, 0.2) is 60.7 Å². The van der Waals surface area contributed by atoms with E-state index in [1.54, 1.807) is 50.6 Å². The van der Waals surface area contributed by atoms with Gasteiger partial charge in [0.15, 0.2) is 13.6 Å². The average Bonchev–Trinajstić information content (AvgIpc) is 3.02. The molecule has 3 aromatic rings. The SMILES string of the molecule is COCOc1cc(OC)ccc1C(=O)NCCCOc1ccc(CCNC(=O)c2ccc(OC)cc2OCOC)cc1. The molecule has 0 aromatic heterocycles.